The summed E-state index contributed by atoms with van der Waals surface area (Å²) in [6.07, 6.45) is 0.881. The van der Waals surface area contributed by atoms with E-state index >= 15 is 0 Å². The lowest BCUT2D eigenvalue weighted by Crippen LogP contribution is -2.15. The summed E-state index contributed by atoms with van der Waals surface area (Å²) in [7, 11) is 0. The quantitative estimate of drug-likeness (QED) is 0.514. The molecule has 2 aliphatic rings. The first-order valence-corrected chi connectivity index (χ1v) is 4.06. The van der Waals surface area contributed by atoms with Gasteiger partial charge in [0.15, 0.2) is 0 Å². The number of rotatable bonds is 0. The molecule has 1 heterocycles. The number of fused-ring (bicyclic) bond motifs is 1. The van der Waals surface area contributed by atoms with Gasteiger partial charge in [-0.15, -0.1) is 0 Å². The Kier molecular flexibility index (Phi) is 1.42. The second-order valence-corrected chi connectivity index (χ2v) is 3.56. The Bertz CT molecular complexity index is 190. The SMILES string of the molecule is C[C@@H]1[C@H]2CC(=O)O[C@H]2C[C@H]1O. The van der Waals surface area contributed by atoms with Gasteiger partial charge in [-0.05, 0) is 5.92 Å². The van der Waals surface area contributed by atoms with E-state index < -0.39 is 0 Å². The van der Waals surface area contributed by atoms with Gasteiger partial charge in [0, 0.05) is 12.3 Å². The number of hydrogen-bond acceptors (Lipinski definition) is 3. The maximum Gasteiger partial charge on any atom is 0.306 e. The first-order chi connectivity index (χ1) is 5.18. The van der Waals surface area contributed by atoms with Crippen molar-refractivity contribution < 1.29 is 14.6 Å². The molecule has 1 aliphatic carbocycles. The number of carbonyl (C=O) groups excluding carboxylic acids is 1. The van der Waals surface area contributed by atoms with Crippen LogP contribution in [0.4, 0.5) is 0 Å². The standard InChI is InChI=1S/C8H12O3/c1-4-5-2-8(10)11-7(5)3-6(4)9/h4-7,9H,2-3H2,1H3/t4-,5-,6-,7+/m1/s1. The molecule has 1 saturated carbocycles. The van der Waals surface area contributed by atoms with Crippen molar-refractivity contribution in [3.05, 3.63) is 0 Å². The van der Waals surface area contributed by atoms with Crippen LogP contribution in [0, 0.1) is 11.8 Å². The second-order valence-electron chi connectivity index (χ2n) is 3.56. The molecule has 0 aromatic heterocycles. The molecule has 11 heavy (non-hydrogen) atoms. The van der Waals surface area contributed by atoms with E-state index in [2.05, 4.69) is 0 Å². The molecular formula is C8H12O3. The highest BCUT2D eigenvalue weighted by atomic mass is 16.6. The third kappa shape index (κ3) is 0.948. The van der Waals surface area contributed by atoms with Crippen molar-refractivity contribution in [2.45, 2.75) is 32.0 Å². The van der Waals surface area contributed by atoms with E-state index in [0.29, 0.717) is 12.8 Å². The predicted octanol–water partition coefficient (Wildman–Crippen LogP) is 0.319. The fourth-order valence-electron chi connectivity index (χ4n) is 2.11. The highest BCUT2D eigenvalue weighted by Crippen LogP contribution is 2.40. The number of hydrogen-bond donors (Lipinski definition) is 1. The molecule has 0 radical (unpaired) electrons. The fourth-order valence-corrected chi connectivity index (χ4v) is 2.11. The molecule has 1 aliphatic heterocycles. The van der Waals surface area contributed by atoms with Crippen molar-refractivity contribution in [3.63, 3.8) is 0 Å². The van der Waals surface area contributed by atoms with Gasteiger partial charge in [0.05, 0.1) is 12.5 Å². The first kappa shape index (κ1) is 7.10. The lowest BCUT2D eigenvalue weighted by Gasteiger charge is -2.11. The smallest absolute Gasteiger partial charge is 0.306 e. The third-order valence-corrected chi connectivity index (χ3v) is 2.92. The van der Waals surface area contributed by atoms with Gasteiger partial charge in [-0.1, -0.05) is 6.92 Å². The Morgan fingerprint density at radius 1 is 1.64 bits per heavy atom. The number of esters is 1. The molecule has 4 atom stereocenters. The van der Waals surface area contributed by atoms with Crippen molar-refractivity contribution in [1.82, 2.24) is 0 Å². The van der Waals surface area contributed by atoms with Crippen molar-refractivity contribution in [1.29, 1.82) is 0 Å². The van der Waals surface area contributed by atoms with Crippen LogP contribution in [0.2, 0.25) is 0 Å². The van der Waals surface area contributed by atoms with Gasteiger partial charge in [-0.3, -0.25) is 4.79 Å². The van der Waals surface area contributed by atoms with Crippen LogP contribution in [0.5, 0.6) is 0 Å². The van der Waals surface area contributed by atoms with Gasteiger partial charge in [-0.2, -0.15) is 0 Å². The summed E-state index contributed by atoms with van der Waals surface area (Å²) in [5.74, 6) is 0.405. The number of carbonyl (C=O) groups is 1. The van der Waals surface area contributed by atoms with E-state index in [1.54, 1.807) is 0 Å². The maximum atomic E-state index is 10.8. The molecule has 0 aromatic rings. The van der Waals surface area contributed by atoms with Gasteiger partial charge in [0.1, 0.15) is 6.10 Å². The van der Waals surface area contributed by atoms with Crippen LogP contribution >= 0.6 is 0 Å². The predicted molar refractivity (Wildman–Crippen MR) is 37.8 cm³/mol. The largest absolute Gasteiger partial charge is 0.462 e. The average Bonchev–Trinajstić information content (AvgIpc) is 2.37. The van der Waals surface area contributed by atoms with E-state index in [-0.39, 0.29) is 30.0 Å². The van der Waals surface area contributed by atoms with Crippen LogP contribution in [-0.2, 0) is 9.53 Å². The molecule has 62 valence electrons. The molecule has 0 aromatic carbocycles. The summed E-state index contributed by atoms with van der Waals surface area (Å²) < 4.78 is 5.03. The normalized spacial score (nSPS) is 49.1. The van der Waals surface area contributed by atoms with E-state index in [1.165, 1.54) is 0 Å². The minimum absolute atomic E-state index is 0.00694. The van der Waals surface area contributed by atoms with Gasteiger partial charge in [-0.25, -0.2) is 0 Å². The molecule has 0 spiro atoms. The van der Waals surface area contributed by atoms with Gasteiger partial charge >= 0.3 is 5.97 Å². The van der Waals surface area contributed by atoms with Crippen LogP contribution in [0.1, 0.15) is 19.8 Å². The topological polar surface area (TPSA) is 46.5 Å². The zero-order valence-electron chi connectivity index (χ0n) is 6.49. The second kappa shape index (κ2) is 2.21. The van der Waals surface area contributed by atoms with Crippen molar-refractivity contribution >= 4 is 5.97 Å². The van der Waals surface area contributed by atoms with Crippen molar-refractivity contribution in [3.8, 4) is 0 Å². The summed E-state index contributed by atoms with van der Waals surface area (Å²) >= 11 is 0. The van der Waals surface area contributed by atoms with Gasteiger partial charge < -0.3 is 9.84 Å². The highest BCUT2D eigenvalue weighted by molar-refractivity contribution is 5.72. The monoisotopic (exact) mass is 156 g/mol. The van der Waals surface area contributed by atoms with Crippen molar-refractivity contribution in [2.24, 2.45) is 11.8 Å². The Morgan fingerprint density at radius 2 is 2.36 bits per heavy atom. The molecular weight excluding hydrogens is 144 g/mol. The number of ether oxygens (including phenoxy) is 1. The maximum absolute atomic E-state index is 10.8. The molecule has 1 N–H and O–H groups in total. The summed E-state index contributed by atoms with van der Waals surface area (Å²) in [6, 6.07) is 0. The van der Waals surface area contributed by atoms with Crippen LogP contribution in [0.25, 0.3) is 0 Å². The molecule has 2 rings (SSSR count). The van der Waals surface area contributed by atoms with E-state index in [4.69, 9.17) is 4.74 Å². The Labute approximate surface area is 65.4 Å². The highest BCUT2D eigenvalue weighted by Gasteiger charge is 2.47. The minimum atomic E-state index is -0.266. The third-order valence-electron chi connectivity index (χ3n) is 2.92. The number of aliphatic hydroxyl groups is 1. The lowest BCUT2D eigenvalue weighted by molar-refractivity contribution is -0.141. The van der Waals surface area contributed by atoms with Crippen molar-refractivity contribution in [2.75, 3.05) is 0 Å². The average molecular weight is 156 g/mol. The molecule has 0 bridgehead atoms. The van der Waals surface area contributed by atoms with Crippen LogP contribution < -0.4 is 0 Å². The van der Waals surface area contributed by atoms with E-state index in [9.17, 15) is 9.90 Å². The van der Waals surface area contributed by atoms with E-state index in [1.807, 2.05) is 6.92 Å². The van der Waals surface area contributed by atoms with E-state index in [0.717, 1.165) is 0 Å². The summed E-state index contributed by atoms with van der Waals surface area (Å²) in [5, 5.41) is 9.40. The molecule has 2 fully saturated rings. The first-order valence-electron chi connectivity index (χ1n) is 4.06. The molecule has 1 saturated heterocycles. The Morgan fingerprint density at radius 3 is 3.00 bits per heavy atom. The summed E-state index contributed by atoms with van der Waals surface area (Å²) in [4.78, 5) is 10.8. The lowest BCUT2D eigenvalue weighted by atomic mass is 9.94. The van der Waals surface area contributed by atoms with Crippen LogP contribution in [-0.4, -0.2) is 23.3 Å². The minimum Gasteiger partial charge on any atom is -0.462 e. The van der Waals surface area contributed by atoms with Crippen LogP contribution in [0.3, 0.4) is 0 Å². The number of aliphatic hydroxyl groups excluding tert-OH is 1. The molecule has 0 unspecified atom stereocenters. The molecule has 3 nitrogen and oxygen atoms in total. The summed E-state index contributed by atoms with van der Waals surface area (Å²) in [5.41, 5.74) is 0. The molecule has 3 heteroatoms. The summed E-state index contributed by atoms with van der Waals surface area (Å²) in [6.45, 7) is 1.98. The zero-order chi connectivity index (χ0) is 8.01. The Balaban J connectivity index is 2.13. The van der Waals surface area contributed by atoms with Gasteiger partial charge in [0.25, 0.3) is 0 Å². The van der Waals surface area contributed by atoms with Gasteiger partial charge in [0.2, 0.25) is 0 Å². The van der Waals surface area contributed by atoms with Crippen LogP contribution in [0.15, 0.2) is 0 Å². The Hall–Kier alpha value is -0.570. The zero-order valence-corrected chi connectivity index (χ0v) is 6.49. The molecule has 0 amide bonds. The fraction of sp³-hybridized carbons (Fsp3) is 0.875.